The van der Waals surface area contributed by atoms with Gasteiger partial charge >= 0.3 is 0 Å². The van der Waals surface area contributed by atoms with Crippen LogP contribution in [0.5, 0.6) is 0 Å². The van der Waals surface area contributed by atoms with Crippen molar-refractivity contribution in [1.82, 2.24) is 25.1 Å². The third-order valence-corrected chi connectivity index (χ3v) is 6.13. The number of aryl methyl sites for hydroxylation is 2. The maximum Gasteiger partial charge on any atom is 0.252 e. The Hall–Kier alpha value is -3.07. The molecule has 0 spiro atoms. The summed E-state index contributed by atoms with van der Waals surface area (Å²) in [4.78, 5) is 36.4. The predicted molar refractivity (Wildman–Crippen MR) is 111 cm³/mol. The molecule has 0 saturated heterocycles. The van der Waals surface area contributed by atoms with E-state index < -0.39 is 0 Å². The van der Waals surface area contributed by atoms with E-state index in [1.807, 2.05) is 24.9 Å². The molecule has 0 aromatic carbocycles. The van der Waals surface area contributed by atoms with Crippen LogP contribution in [-0.4, -0.2) is 44.7 Å². The molecule has 150 valence electrons. The van der Waals surface area contributed by atoms with Crippen molar-refractivity contribution in [2.45, 2.75) is 26.2 Å². The van der Waals surface area contributed by atoms with E-state index in [-0.39, 0.29) is 24.8 Å². The van der Waals surface area contributed by atoms with Crippen molar-refractivity contribution in [3.8, 4) is 11.3 Å². The van der Waals surface area contributed by atoms with E-state index in [4.69, 9.17) is 4.98 Å². The summed E-state index contributed by atoms with van der Waals surface area (Å²) < 4.78 is 1.89. The van der Waals surface area contributed by atoms with Crippen molar-refractivity contribution in [3.05, 3.63) is 46.9 Å². The lowest BCUT2D eigenvalue weighted by molar-refractivity contribution is -0.118. The molecule has 29 heavy (non-hydrogen) atoms. The summed E-state index contributed by atoms with van der Waals surface area (Å²) in [7, 11) is 1.94. The van der Waals surface area contributed by atoms with Gasteiger partial charge in [-0.3, -0.25) is 24.2 Å². The van der Waals surface area contributed by atoms with Gasteiger partial charge in [0.05, 0.1) is 17.5 Å². The summed E-state index contributed by atoms with van der Waals surface area (Å²) in [6, 6.07) is 3.39. The average molecular weight is 411 g/mol. The van der Waals surface area contributed by atoms with E-state index in [9.17, 15) is 9.59 Å². The van der Waals surface area contributed by atoms with Gasteiger partial charge in [-0.05, 0) is 31.9 Å². The fourth-order valence-electron chi connectivity index (χ4n) is 3.46. The number of hydrogen-bond acceptors (Lipinski definition) is 6. The molecule has 3 aromatic heterocycles. The molecule has 0 aliphatic heterocycles. The first-order chi connectivity index (χ1) is 14.1. The molecule has 2 amide bonds. The second-order valence-electron chi connectivity index (χ2n) is 6.78. The molecule has 0 saturated carbocycles. The number of carbonyl (C=O) groups is 2. The Labute approximate surface area is 172 Å². The highest BCUT2D eigenvalue weighted by Gasteiger charge is 2.26. The third-order valence-electron chi connectivity index (χ3n) is 4.99. The summed E-state index contributed by atoms with van der Waals surface area (Å²) in [6.45, 7) is 2.73. The largest absolute Gasteiger partial charge is 0.351 e. The number of carbonyl (C=O) groups excluding carboxylic acids is 2. The van der Waals surface area contributed by atoms with E-state index >= 15 is 0 Å². The minimum absolute atomic E-state index is 0.0588. The molecule has 1 aliphatic carbocycles. The zero-order valence-corrected chi connectivity index (χ0v) is 17.2. The highest BCUT2D eigenvalue weighted by atomic mass is 32.1. The Morgan fingerprint density at radius 3 is 2.93 bits per heavy atom. The van der Waals surface area contributed by atoms with Crippen LogP contribution in [0.15, 0.2) is 30.7 Å². The fourth-order valence-corrected chi connectivity index (χ4v) is 4.61. The van der Waals surface area contributed by atoms with Gasteiger partial charge in [0.1, 0.15) is 0 Å². The van der Waals surface area contributed by atoms with Crippen LogP contribution in [0.4, 0.5) is 5.13 Å². The Balaban J connectivity index is 1.42. The van der Waals surface area contributed by atoms with Gasteiger partial charge in [-0.25, -0.2) is 4.98 Å². The third kappa shape index (κ3) is 3.77. The topological polar surface area (TPSA) is 93.0 Å². The molecule has 0 fully saturated rings. The fraction of sp³-hybridized carbons (Fsp3) is 0.350. The van der Waals surface area contributed by atoms with Crippen molar-refractivity contribution >= 4 is 28.3 Å². The van der Waals surface area contributed by atoms with Gasteiger partial charge in [0.15, 0.2) is 5.13 Å². The van der Waals surface area contributed by atoms with E-state index in [1.54, 1.807) is 34.6 Å². The molecule has 0 bridgehead atoms. The molecule has 3 heterocycles. The minimum Gasteiger partial charge on any atom is -0.351 e. The highest BCUT2D eigenvalue weighted by Crippen LogP contribution is 2.39. The van der Waals surface area contributed by atoms with E-state index in [1.165, 1.54) is 16.8 Å². The number of hydrogen-bond donors (Lipinski definition) is 1. The van der Waals surface area contributed by atoms with Crippen molar-refractivity contribution in [2.75, 3.05) is 18.0 Å². The monoisotopic (exact) mass is 410 g/mol. The van der Waals surface area contributed by atoms with Gasteiger partial charge in [0, 0.05) is 55.1 Å². The molecule has 1 N–H and O–H groups in total. The molecule has 0 atom stereocenters. The van der Waals surface area contributed by atoms with Crippen molar-refractivity contribution in [2.24, 2.45) is 7.05 Å². The molecule has 0 unspecified atom stereocenters. The lowest BCUT2D eigenvalue weighted by atomic mass is 10.0. The average Bonchev–Trinajstić information content (AvgIpc) is 3.32. The first-order valence-corrected chi connectivity index (χ1v) is 10.4. The number of anilines is 1. The van der Waals surface area contributed by atoms with Gasteiger partial charge in [-0.1, -0.05) is 0 Å². The molecule has 1 aliphatic rings. The van der Waals surface area contributed by atoms with Gasteiger partial charge in [0.25, 0.3) is 5.91 Å². The molecule has 9 heteroatoms. The Morgan fingerprint density at radius 1 is 1.31 bits per heavy atom. The molecule has 4 rings (SSSR count). The van der Waals surface area contributed by atoms with Crippen LogP contribution in [0.3, 0.4) is 0 Å². The number of thiazole rings is 1. The van der Waals surface area contributed by atoms with Crippen molar-refractivity contribution in [1.29, 1.82) is 0 Å². The highest BCUT2D eigenvalue weighted by molar-refractivity contribution is 7.16. The van der Waals surface area contributed by atoms with Gasteiger partial charge in [-0.15, -0.1) is 11.3 Å². The summed E-state index contributed by atoms with van der Waals surface area (Å²) in [5.41, 5.74) is 3.66. The number of nitrogens with zero attached hydrogens (tertiary/aromatic N) is 5. The van der Waals surface area contributed by atoms with E-state index in [2.05, 4.69) is 15.4 Å². The molecule has 3 aromatic rings. The maximum atomic E-state index is 12.8. The van der Waals surface area contributed by atoms with Crippen LogP contribution in [0.25, 0.3) is 11.3 Å². The lowest BCUT2D eigenvalue weighted by Gasteiger charge is -2.17. The number of pyridine rings is 1. The summed E-state index contributed by atoms with van der Waals surface area (Å²) in [5, 5.41) is 7.82. The Bertz CT molecular complexity index is 1040. The molecular formula is C20H22N6O2S. The Kier molecular flexibility index (Phi) is 5.39. The zero-order valence-electron chi connectivity index (χ0n) is 16.4. The van der Waals surface area contributed by atoms with Gasteiger partial charge in [0.2, 0.25) is 5.91 Å². The molecule has 8 nitrogen and oxygen atoms in total. The molecular weight excluding hydrogens is 388 g/mol. The minimum atomic E-state index is -0.234. The first-order valence-electron chi connectivity index (χ1n) is 9.58. The van der Waals surface area contributed by atoms with Crippen LogP contribution >= 0.6 is 11.3 Å². The summed E-state index contributed by atoms with van der Waals surface area (Å²) >= 11 is 1.57. The van der Waals surface area contributed by atoms with Gasteiger partial charge in [-0.2, -0.15) is 5.10 Å². The number of amides is 2. The second kappa shape index (κ2) is 8.12. The SMILES string of the molecule is CCN(C(=O)CCNC(=O)c1cccnc1)c1nc2c(s1)CCc1c-2cnn1C. The Morgan fingerprint density at radius 2 is 2.17 bits per heavy atom. The van der Waals surface area contributed by atoms with Crippen LogP contribution in [-0.2, 0) is 24.7 Å². The zero-order chi connectivity index (χ0) is 20.4. The lowest BCUT2D eigenvalue weighted by Crippen LogP contribution is -2.34. The molecule has 0 radical (unpaired) electrons. The summed E-state index contributed by atoms with van der Waals surface area (Å²) in [5.74, 6) is -0.292. The van der Waals surface area contributed by atoms with Crippen molar-refractivity contribution < 1.29 is 9.59 Å². The van der Waals surface area contributed by atoms with Crippen molar-refractivity contribution in [3.63, 3.8) is 0 Å². The quantitative estimate of drug-likeness (QED) is 0.673. The maximum absolute atomic E-state index is 12.8. The number of aromatic nitrogens is 4. The van der Waals surface area contributed by atoms with Gasteiger partial charge < -0.3 is 5.32 Å². The normalized spacial score (nSPS) is 12.2. The number of fused-ring (bicyclic) bond motifs is 3. The number of rotatable bonds is 6. The van der Waals surface area contributed by atoms with E-state index in [0.717, 1.165) is 24.1 Å². The number of nitrogens with one attached hydrogen (secondary N) is 1. The standard InChI is InChI=1S/C20H22N6O2S/c1-3-26(17(27)8-10-22-19(28)13-5-4-9-21-11-13)20-24-18-14-12-23-25(2)15(14)6-7-16(18)29-20/h4-5,9,11-12H,3,6-8,10H2,1-2H3,(H,22,28). The second-order valence-corrected chi connectivity index (χ2v) is 7.84. The smallest absolute Gasteiger partial charge is 0.252 e. The predicted octanol–water partition coefficient (Wildman–Crippen LogP) is 2.21. The van der Waals surface area contributed by atoms with Crippen LogP contribution < -0.4 is 10.2 Å². The first kappa shape index (κ1) is 19.3. The van der Waals surface area contributed by atoms with Crippen LogP contribution in [0.1, 0.15) is 34.3 Å². The van der Waals surface area contributed by atoms with E-state index in [0.29, 0.717) is 17.2 Å². The van der Waals surface area contributed by atoms with Crippen LogP contribution in [0, 0.1) is 0 Å². The van der Waals surface area contributed by atoms with Crippen LogP contribution in [0.2, 0.25) is 0 Å². The summed E-state index contributed by atoms with van der Waals surface area (Å²) in [6.07, 6.45) is 7.02.